The number of alkyl carbamates (subject to hydrolysis) is 2. The number of benzene rings is 6. The number of anilines is 2. The normalized spacial score (nSPS) is 13.7. The van der Waals surface area contributed by atoms with E-state index >= 15 is 0 Å². The maximum atomic E-state index is 13.3. The van der Waals surface area contributed by atoms with Crippen LogP contribution in [0, 0.1) is 22.9 Å². The van der Waals surface area contributed by atoms with E-state index in [2.05, 4.69) is 89.8 Å². The third kappa shape index (κ3) is 28.5. The number of methoxy groups -OCH3 is 4. The summed E-state index contributed by atoms with van der Waals surface area (Å²) in [4.78, 5) is 31.7. The van der Waals surface area contributed by atoms with Gasteiger partial charge in [0.2, 0.25) is 5.96 Å². The minimum Gasteiger partial charge on any atom is -0.496 e. The van der Waals surface area contributed by atoms with Crippen LogP contribution < -0.4 is 80.9 Å². The first-order chi connectivity index (χ1) is 49.0. The molecule has 6 aromatic carbocycles. The first kappa shape index (κ1) is 89.7. The topological polar surface area (TPSA) is 290 Å². The molecule has 22 nitrogen and oxygen atoms in total. The first-order valence-electron chi connectivity index (χ1n) is 28.5. The second-order valence-electron chi connectivity index (χ2n) is 19.7. The molecule has 2 atom stereocenters. The molecule has 0 aromatic heterocycles. The van der Waals surface area contributed by atoms with Crippen molar-refractivity contribution in [3.8, 4) is 35.4 Å². The molecule has 0 spiro atoms. The molecule has 554 valence electrons. The number of amides is 2. The fraction of sp³-hybridized carbons (Fsp3) is 0.219. The van der Waals surface area contributed by atoms with Gasteiger partial charge in [0.25, 0.3) is 0 Å². The summed E-state index contributed by atoms with van der Waals surface area (Å²) < 4.78 is 180. The third-order valence-electron chi connectivity index (χ3n) is 12.8. The fourth-order valence-corrected chi connectivity index (χ4v) is 8.97. The van der Waals surface area contributed by atoms with Crippen molar-refractivity contribution in [3.63, 3.8) is 0 Å². The Morgan fingerprint density at radius 2 is 1.10 bits per heavy atom. The zero-order chi connectivity index (χ0) is 77.7. The van der Waals surface area contributed by atoms with Gasteiger partial charge in [-0.25, -0.2) is 19.6 Å². The number of nitrogens with one attached hydrogen (secondary N) is 5. The van der Waals surface area contributed by atoms with Gasteiger partial charge in [-0.15, -0.1) is 0 Å². The molecule has 2 heterocycles. The molecule has 41 heteroatoms. The number of hydrogen-bond donors (Lipinski definition) is 6. The maximum Gasteiger partial charge on any atom is 1.00 e. The summed E-state index contributed by atoms with van der Waals surface area (Å²) in [7, 11) is 5.28. The number of thiocarbonyl (C=S) groups is 2. The molecular weight excluding hydrogens is 1550 g/mol. The molecule has 0 saturated carbocycles. The van der Waals surface area contributed by atoms with Crippen LogP contribution in [-0.4, -0.2) is 118 Å². The fourth-order valence-electron chi connectivity index (χ4n) is 8.16. The van der Waals surface area contributed by atoms with Crippen LogP contribution in [0.3, 0.4) is 0 Å². The summed E-state index contributed by atoms with van der Waals surface area (Å²) >= 11 is 33.2. The van der Waals surface area contributed by atoms with Crippen LogP contribution >= 0.6 is 70.8 Å². The van der Waals surface area contributed by atoms with E-state index in [1.807, 2.05) is 0 Å². The van der Waals surface area contributed by atoms with Gasteiger partial charge in [0.15, 0.2) is 6.19 Å². The number of hydrazone groups is 2. The van der Waals surface area contributed by atoms with Crippen LogP contribution in [0.15, 0.2) is 155 Å². The molecular formula is C64H55Cl4F12N14NaO8S2. The predicted octanol–water partition coefficient (Wildman–Crippen LogP) is 13.6. The van der Waals surface area contributed by atoms with Crippen LogP contribution in [0.1, 0.15) is 33.4 Å². The molecule has 2 unspecified atom stereocenters. The van der Waals surface area contributed by atoms with Crippen molar-refractivity contribution in [2.24, 2.45) is 20.2 Å². The summed E-state index contributed by atoms with van der Waals surface area (Å²) in [6.45, 7) is 7.49. The number of halogens is 16. The van der Waals surface area contributed by atoms with Gasteiger partial charge in [-0.3, -0.25) is 10.3 Å². The van der Waals surface area contributed by atoms with Crippen LogP contribution in [0.4, 0.5) is 85.0 Å². The van der Waals surface area contributed by atoms with Gasteiger partial charge >= 0.3 is 66.4 Å². The summed E-state index contributed by atoms with van der Waals surface area (Å²) in [5, 5.41) is 43.0. The number of carbonyl (C=O) groups is 2. The average Bonchev–Trinajstić information content (AvgIpc) is 1.68. The minimum atomic E-state index is -4.63. The van der Waals surface area contributed by atoms with E-state index in [0.717, 1.165) is 66.2 Å². The van der Waals surface area contributed by atoms with Crippen LogP contribution in [0.2, 0.25) is 20.1 Å². The molecule has 0 bridgehead atoms. The molecule has 6 aromatic rings. The summed E-state index contributed by atoms with van der Waals surface area (Å²) in [5.74, 6) is 0.481. The molecule has 105 heavy (non-hydrogen) atoms. The number of ether oxygens (including phenoxy) is 6. The van der Waals surface area contributed by atoms with Crippen molar-refractivity contribution >= 4 is 140 Å². The largest absolute Gasteiger partial charge is 1.00 e. The van der Waals surface area contributed by atoms with Crippen LogP contribution in [-0.2, 0) is 34.2 Å². The number of nitrogens with zero attached hydrogens (tertiary/aromatic N) is 8. The molecule has 0 saturated heterocycles. The molecule has 8 rings (SSSR count). The second kappa shape index (κ2) is 42.5. The molecule has 0 aliphatic carbocycles. The Morgan fingerprint density at radius 3 is 1.55 bits per heavy atom. The van der Waals surface area contributed by atoms with E-state index in [4.69, 9.17) is 85.8 Å². The number of hydrogen-bond acceptors (Lipinski definition) is 18. The van der Waals surface area contributed by atoms with Crippen molar-refractivity contribution in [1.82, 2.24) is 26.4 Å². The van der Waals surface area contributed by atoms with E-state index in [-0.39, 0.29) is 117 Å². The van der Waals surface area contributed by atoms with Crippen molar-refractivity contribution in [2.45, 2.75) is 36.8 Å². The van der Waals surface area contributed by atoms with Crippen molar-refractivity contribution in [3.05, 3.63) is 193 Å². The van der Waals surface area contributed by atoms with Gasteiger partial charge < -0.3 is 66.1 Å². The number of rotatable bonds is 16. The Labute approximate surface area is 644 Å². The summed E-state index contributed by atoms with van der Waals surface area (Å²) in [6.07, 6.45) is -11.9. The van der Waals surface area contributed by atoms with Crippen molar-refractivity contribution in [2.75, 3.05) is 65.8 Å². The van der Waals surface area contributed by atoms with Gasteiger partial charge in [0.05, 0.1) is 118 Å². The van der Waals surface area contributed by atoms with Gasteiger partial charge in [0.1, 0.15) is 47.6 Å². The molecule has 7 N–H and O–H groups in total. The molecule has 0 radical (unpaired) electrons. The van der Waals surface area contributed by atoms with E-state index in [9.17, 15) is 67.5 Å². The zero-order valence-electron chi connectivity index (χ0n) is 54.9. The minimum absolute atomic E-state index is 0. The molecule has 0 fully saturated rings. The summed E-state index contributed by atoms with van der Waals surface area (Å²) in [5.41, 5.74) is 6.91. The molecule has 2 amide bonds. The Kier molecular flexibility index (Phi) is 36.3. The molecule has 2 aliphatic rings. The van der Waals surface area contributed by atoms with Gasteiger partial charge in [-0.2, -0.15) is 68.1 Å². The standard InChI is InChI=1S/C23H19Cl2F3N6O3.C13H13Cl2N3O2.C10H8F3N3OS.C10H8F3NOS.C8H8F3NO.Na/c1-3-8-37-22(35)32-18-11-34(33-20(18)13-4-6-15(24)16(25)9-13)21(30-12-29)31-17-10-14(23(26,27)28)5-7-19(17)36-2;1-2-5-20-13(19)17-11-7-16-18-12(11)8-3-4-9(14)10(15)6-8;1-17-8-3-2-6(10(11,12)13)4-7(8)16-9(18)15-5-14;1-15-9-3-2-7(10(11,12)13)6-8(9)14-4-5-16;1-13-7-3-2-5(4-6(7)12)8(9,10)11;/h3-7,9-10,18H,1,8,11H2,2H3,(H,30,31)(H,32,35);2-4,6,11,16H,1,5,7H2,(H,17,19);2-4H,1H3,(H2,15,16,18);2-6H,1H3;2-4H,12H2,1H3;/q;;;;;+1/p-1. The first-order valence-corrected chi connectivity index (χ1v) is 30.9. The van der Waals surface area contributed by atoms with E-state index in [1.165, 1.54) is 87.6 Å². The number of carbonyl (C=O) groups excluding carboxylic acids is 2. The number of aliphatic imine (C=N–C) groups is 2. The SMILES string of the molecule is C=CCOC(=O)NC1CN(C(=Nc2cc(C(F)(F)F)ccc2OC)NC#N)N=C1c1ccc(Cl)c(Cl)c1.C=CCOC(=O)NC1CNN=C1c1ccc(Cl)c(Cl)c1.COc1ccc(C(F)(F)F)cc1N.COc1ccc(C(F)(F)F)cc1N=CC=S.COc1ccc(C(F)(F)F)cc1NC(=S)[N-]C#N.[Na+]. The van der Waals surface area contributed by atoms with Crippen LogP contribution in [0.5, 0.6) is 23.0 Å². The smallest absolute Gasteiger partial charge is 0.496 e. The molecule has 2 aliphatic heterocycles. The Balaban J connectivity index is 0.000000361. The second-order valence-corrected chi connectivity index (χ2v) is 22.0. The van der Waals surface area contributed by atoms with E-state index < -0.39 is 65.2 Å². The van der Waals surface area contributed by atoms with Gasteiger partial charge in [-0.1, -0.05) is 108 Å². The zero-order valence-corrected chi connectivity index (χ0v) is 61.5. The monoisotopic (exact) mass is 1600 g/mol. The number of nitrogens with two attached hydrogens (primary N) is 1. The van der Waals surface area contributed by atoms with Crippen molar-refractivity contribution < 1.29 is 120 Å². The Hall–Kier alpha value is -9.50. The summed E-state index contributed by atoms with van der Waals surface area (Å²) in [6, 6.07) is 20.4. The van der Waals surface area contributed by atoms with E-state index in [1.54, 1.807) is 30.5 Å². The quantitative estimate of drug-likeness (QED) is 0.00604. The Bertz CT molecular complexity index is 4260. The third-order valence-corrected chi connectivity index (χ3v) is 14.6. The number of nitriles is 2. The van der Waals surface area contributed by atoms with Crippen LogP contribution in [0.25, 0.3) is 5.32 Å². The van der Waals surface area contributed by atoms with Gasteiger partial charge in [-0.05, 0) is 97.1 Å². The maximum absolute atomic E-state index is 13.3. The Morgan fingerprint density at radius 1 is 0.657 bits per heavy atom. The van der Waals surface area contributed by atoms with Gasteiger partial charge in [0, 0.05) is 34.6 Å². The number of nitrogen functional groups attached to an aromatic ring is 1. The van der Waals surface area contributed by atoms with E-state index in [0.29, 0.717) is 38.6 Å². The predicted molar refractivity (Wildman–Crippen MR) is 377 cm³/mol. The number of alkyl halides is 12. The average molecular weight is 1610 g/mol. The van der Waals surface area contributed by atoms with Crippen molar-refractivity contribution in [1.29, 1.82) is 10.5 Å². The number of guanidine groups is 1.